The molecule has 0 amide bonds. The van der Waals surface area contributed by atoms with Gasteiger partial charge >= 0.3 is 5.97 Å². The summed E-state index contributed by atoms with van der Waals surface area (Å²) in [6.45, 7) is 9.23. The summed E-state index contributed by atoms with van der Waals surface area (Å²) in [5.74, 6) is 0.775. The number of rotatable bonds is 7. The van der Waals surface area contributed by atoms with Crippen molar-refractivity contribution in [2.24, 2.45) is 5.92 Å². The van der Waals surface area contributed by atoms with Crippen LogP contribution in [0.2, 0.25) is 0 Å². The molecule has 0 aliphatic heterocycles. The molecule has 0 unspecified atom stereocenters. The molecule has 1 aromatic rings. The van der Waals surface area contributed by atoms with Crippen molar-refractivity contribution in [1.29, 1.82) is 0 Å². The van der Waals surface area contributed by atoms with E-state index < -0.39 is 0 Å². The van der Waals surface area contributed by atoms with Gasteiger partial charge in [-0.1, -0.05) is 39.3 Å². The van der Waals surface area contributed by atoms with E-state index in [0.717, 1.165) is 18.4 Å². The predicted molar refractivity (Wildman–Crippen MR) is 76.7 cm³/mol. The van der Waals surface area contributed by atoms with Crippen molar-refractivity contribution >= 4 is 5.97 Å². The highest BCUT2D eigenvalue weighted by molar-refractivity contribution is 5.93. The van der Waals surface area contributed by atoms with Gasteiger partial charge in [0.1, 0.15) is 11.3 Å². The second-order valence-electron chi connectivity index (χ2n) is 5.15. The van der Waals surface area contributed by atoms with Crippen LogP contribution < -0.4 is 4.74 Å². The highest BCUT2D eigenvalue weighted by Crippen LogP contribution is 2.24. The van der Waals surface area contributed by atoms with E-state index in [1.165, 1.54) is 0 Å². The summed E-state index contributed by atoms with van der Waals surface area (Å²) >= 11 is 0. The minimum Gasteiger partial charge on any atom is -0.492 e. The van der Waals surface area contributed by atoms with Crippen LogP contribution in [-0.2, 0) is 4.74 Å². The van der Waals surface area contributed by atoms with Gasteiger partial charge in [-0.3, -0.25) is 0 Å². The molecular weight excluding hydrogens is 240 g/mol. The first kappa shape index (κ1) is 15.5. The van der Waals surface area contributed by atoms with Crippen molar-refractivity contribution < 1.29 is 14.3 Å². The average molecular weight is 264 g/mol. The molecule has 0 bridgehead atoms. The summed E-state index contributed by atoms with van der Waals surface area (Å²) in [4.78, 5) is 12.0. The molecule has 3 heteroatoms. The van der Waals surface area contributed by atoms with Gasteiger partial charge in [0.25, 0.3) is 0 Å². The van der Waals surface area contributed by atoms with Gasteiger partial charge in [0, 0.05) is 0 Å². The Morgan fingerprint density at radius 1 is 1.32 bits per heavy atom. The lowest BCUT2D eigenvalue weighted by Crippen LogP contribution is -2.12. The van der Waals surface area contributed by atoms with Crippen molar-refractivity contribution in [3.05, 3.63) is 29.3 Å². The van der Waals surface area contributed by atoms with Crippen LogP contribution >= 0.6 is 0 Å². The number of hydrogen-bond acceptors (Lipinski definition) is 3. The first-order chi connectivity index (χ1) is 9.06. The zero-order chi connectivity index (χ0) is 14.3. The van der Waals surface area contributed by atoms with Crippen LogP contribution in [0, 0.1) is 12.8 Å². The van der Waals surface area contributed by atoms with Crippen LogP contribution in [0.5, 0.6) is 5.75 Å². The molecule has 0 fully saturated rings. The van der Waals surface area contributed by atoms with Gasteiger partial charge in [-0.05, 0) is 30.9 Å². The van der Waals surface area contributed by atoms with Gasteiger partial charge in [0.2, 0.25) is 0 Å². The summed E-state index contributed by atoms with van der Waals surface area (Å²) in [5, 5.41) is 0. The van der Waals surface area contributed by atoms with Crippen LogP contribution in [0.25, 0.3) is 0 Å². The second-order valence-corrected chi connectivity index (χ2v) is 5.15. The number of benzene rings is 1. The molecule has 0 heterocycles. The summed E-state index contributed by atoms with van der Waals surface area (Å²) in [5.41, 5.74) is 1.49. The fraction of sp³-hybridized carbons (Fsp3) is 0.562. The van der Waals surface area contributed by atoms with Gasteiger partial charge in [-0.25, -0.2) is 4.79 Å². The van der Waals surface area contributed by atoms with Gasteiger partial charge in [-0.2, -0.15) is 0 Å². The Morgan fingerprint density at radius 3 is 2.68 bits per heavy atom. The van der Waals surface area contributed by atoms with E-state index in [4.69, 9.17) is 9.47 Å². The predicted octanol–water partition coefficient (Wildman–Crippen LogP) is 3.99. The van der Waals surface area contributed by atoms with E-state index in [0.29, 0.717) is 30.4 Å². The van der Waals surface area contributed by atoms with Crippen LogP contribution in [0.1, 0.15) is 49.5 Å². The standard InChI is InChI=1S/C16H24O3/c1-5-6-10-18-16(17)14-9-7-8-13(4)15(14)19-11-12(2)3/h7-9,12H,5-6,10-11H2,1-4H3. The highest BCUT2D eigenvalue weighted by Gasteiger charge is 2.16. The monoisotopic (exact) mass is 264 g/mol. The van der Waals surface area contributed by atoms with Gasteiger partial charge in [0.15, 0.2) is 0 Å². The summed E-state index contributed by atoms with van der Waals surface area (Å²) < 4.78 is 11.0. The second kappa shape index (κ2) is 7.82. The van der Waals surface area contributed by atoms with Crippen LogP contribution in [0.4, 0.5) is 0 Å². The number of carbonyl (C=O) groups excluding carboxylic acids is 1. The summed E-state index contributed by atoms with van der Waals surface area (Å²) in [7, 11) is 0. The molecule has 0 aliphatic carbocycles. The molecule has 0 aliphatic rings. The number of hydrogen-bond donors (Lipinski definition) is 0. The molecule has 0 aromatic heterocycles. The van der Waals surface area contributed by atoms with Crippen molar-refractivity contribution in [1.82, 2.24) is 0 Å². The zero-order valence-electron chi connectivity index (χ0n) is 12.4. The Kier molecular flexibility index (Phi) is 6.40. The molecule has 0 saturated heterocycles. The molecule has 19 heavy (non-hydrogen) atoms. The van der Waals surface area contributed by atoms with Crippen LogP contribution in [0.3, 0.4) is 0 Å². The maximum absolute atomic E-state index is 12.0. The lowest BCUT2D eigenvalue weighted by atomic mass is 10.1. The maximum atomic E-state index is 12.0. The topological polar surface area (TPSA) is 35.5 Å². The number of unbranched alkanes of at least 4 members (excludes halogenated alkanes) is 1. The Hall–Kier alpha value is -1.51. The smallest absolute Gasteiger partial charge is 0.341 e. The van der Waals surface area contributed by atoms with Crippen molar-refractivity contribution in [3.8, 4) is 5.75 Å². The lowest BCUT2D eigenvalue weighted by Gasteiger charge is -2.15. The molecule has 0 N–H and O–H groups in total. The van der Waals surface area contributed by atoms with E-state index in [-0.39, 0.29) is 5.97 Å². The lowest BCUT2D eigenvalue weighted by molar-refractivity contribution is 0.0494. The van der Waals surface area contributed by atoms with E-state index in [1.54, 1.807) is 6.07 Å². The first-order valence-corrected chi connectivity index (χ1v) is 6.95. The molecule has 1 aromatic carbocycles. The minimum absolute atomic E-state index is 0.295. The molecule has 106 valence electrons. The quantitative estimate of drug-likeness (QED) is 0.552. The zero-order valence-corrected chi connectivity index (χ0v) is 12.4. The van der Waals surface area contributed by atoms with Crippen molar-refractivity contribution in [2.75, 3.05) is 13.2 Å². The van der Waals surface area contributed by atoms with Crippen LogP contribution in [0.15, 0.2) is 18.2 Å². The van der Waals surface area contributed by atoms with Crippen LogP contribution in [-0.4, -0.2) is 19.2 Å². The summed E-state index contributed by atoms with van der Waals surface area (Å²) in [6, 6.07) is 5.56. The molecule has 3 nitrogen and oxygen atoms in total. The normalized spacial score (nSPS) is 10.6. The fourth-order valence-corrected chi connectivity index (χ4v) is 1.64. The SMILES string of the molecule is CCCCOC(=O)c1cccc(C)c1OCC(C)C. The number of carbonyl (C=O) groups is 1. The van der Waals surface area contributed by atoms with E-state index in [9.17, 15) is 4.79 Å². The van der Waals surface area contributed by atoms with E-state index in [2.05, 4.69) is 20.8 Å². The molecule has 1 rings (SSSR count). The molecule has 0 radical (unpaired) electrons. The van der Waals surface area contributed by atoms with Gasteiger partial charge in [0.05, 0.1) is 13.2 Å². The van der Waals surface area contributed by atoms with E-state index in [1.807, 2.05) is 19.1 Å². The number of esters is 1. The Labute approximate surface area is 115 Å². The first-order valence-electron chi connectivity index (χ1n) is 6.95. The maximum Gasteiger partial charge on any atom is 0.341 e. The minimum atomic E-state index is -0.295. The molecule has 0 spiro atoms. The number of aryl methyl sites for hydroxylation is 1. The van der Waals surface area contributed by atoms with Gasteiger partial charge < -0.3 is 9.47 Å². The highest BCUT2D eigenvalue weighted by atomic mass is 16.5. The largest absolute Gasteiger partial charge is 0.492 e. The number of para-hydroxylation sites is 1. The Morgan fingerprint density at radius 2 is 2.05 bits per heavy atom. The van der Waals surface area contributed by atoms with E-state index >= 15 is 0 Å². The van der Waals surface area contributed by atoms with Crippen molar-refractivity contribution in [3.63, 3.8) is 0 Å². The average Bonchev–Trinajstić information content (AvgIpc) is 2.37. The van der Waals surface area contributed by atoms with Crippen molar-refractivity contribution in [2.45, 2.75) is 40.5 Å². The molecule has 0 atom stereocenters. The third-order valence-electron chi connectivity index (χ3n) is 2.72. The molecule has 0 saturated carbocycles. The Balaban J connectivity index is 2.80. The van der Waals surface area contributed by atoms with Gasteiger partial charge in [-0.15, -0.1) is 0 Å². The fourth-order valence-electron chi connectivity index (χ4n) is 1.64. The molecular formula is C16H24O3. The number of ether oxygens (including phenoxy) is 2. The summed E-state index contributed by atoms with van der Waals surface area (Å²) in [6.07, 6.45) is 1.90. The Bertz CT molecular complexity index is 410. The third kappa shape index (κ3) is 4.93. The third-order valence-corrected chi connectivity index (χ3v) is 2.72.